The molecule has 2 fully saturated rings. The summed E-state index contributed by atoms with van der Waals surface area (Å²) in [7, 11) is 6.09. The quantitative estimate of drug-likeness (QED) is 0.514. The molecule has 0 amide bonds. The molecule has 88 valence electrons. The molecular weight excluding hydrogens is 217 g/mol. The minimum absolute atomic E-state index is 0.227. The van der Waals surface area contributed by atoms with Gasteiger partial charge in [0.1, 0.15) is 6.10 Å². The molecule has 0 aromatic rings. The van der Waals surface area contributed by atoms with Crippen molar-refractivity contribution < 1.29 is 4.74 Å². The summed E-state index contributed by atoms with van der Waals surface area (Å²) in [6, 6.07) is 0.886. The van der Waals surface area contributed by atoms with Gasteiger partial charge in [0.05, 0.1) is 13.9 Å². The first-order chi connectivity index (χ1) is 7.59. The third-order valence-corrected chi connectivity index (χ3v) is 3.97. The molecule has 1 saturated carbocycles. The van der Waals surface area contributed by atoms with Crippen molar-refractivity contribution in [3.8, 4) is 0 Å². The molecule has 2 radical (unpaired) electrons. The number of nitrogens with zero attached hydrogens (tertiary/aromatic N) is 1. The first kappa shape index (κ1) is 12.2. The van der Waals surface area contributed by atoms with Gasteiger partial charge in [-0.3, -0.25) is 0 Å². The van der Waals surface area contributed by atoms with Gasteiger partial charge in [0.25, 0.3) is 5.17 Å². The normalized spacial score (nSPS) is 35.6. The van der Waals surface area contributed by atoms with E-state index >= 15 is 0 Å². The second-order valence-corrected chi connectivity index (χ2v) is 5.62. The Labute approximate surface area is 105 Å². The van der Waals surface area contributed by atoms with Crippen LogP contribution in [0.3, 0.4) is 0 Å². The molecule has 3 unspecified atom stereocenters. The molecule has 0 spiro atoms. The first-order valence-corrected chi connectivity index (χ1v) is 6.75. The van der Waals surface area contributed by atoms with Gasteiger partial charge >= 0.3 is 0 Å². The molecule has 16 heavy (non-hydrogen) atoms. The van der Waals surface area contributed by atoms with Crippen LogP contribution < -0.4 is 0 Å². The van der Waals surface area contributed by atoms with Gasteiger partial charge < -0.3 is 9.64 Å². The molecule has 0 N–H and O–H groups in total. The minimum atomic E-state index is 0.227. The molecule has 1 heterocycles. The van der Waals surface area contributed by atoms with E-state index in [1.54, 1.807) is 0 Å². The van der Waals surface area contributed by atoms with Gasteiger partial charge in [-0.2, -0.15) is 0 Å². The topological polar surface area (TPSA) is 12.5 Å². The van der Waals surface area contributed by atoms with Gasteiger partial charge in [-0.15, -0.1) is 0 Å². The molecule has 4 heteroatoms. The largest absolute Gasteiger partial charge is 0.465 e. The second-order valence-electron chi connectivity index (χ2n) is 5.27. The van der Waals surface area contributed by atoms with E-state index in [-0.39, 0.29) is 11.9 Å². The zero-order chi connectivity index (χ0) is 11.7. The van der Waals surface area contributed by atoms with Crippen LogP contribution in [0.1, 0.15) is 46.0 Å². The van der Waals surface area contributed by atoms with Crippen molar-refractivity contribution in [2.24, 2.45) is 0 Å². The summed E-state index contributed by atoms with van der Waals surface area (Å²) >= 11 is 5.32. The molecule has 1 aliphatic heterocycles. The lowest BCUT2D eigenvalue weighted by atomic mass is 9.75. The Hall–Kier alpha value is -0.245. The fourth-order valence-electron chi connectivity index (χ4n) is 2.88. The van der Waals surface area contributed by atoms with Crippen molar-refractivity contribution in [2.45, 2.75) is 70.0 Å². The molecule has 3 atom stereocenters. The fraction of sp³-hybridized carbons (Fsp3) is 0.917. The van der Waals surface area contributed by atoms with E-state index in [4.69, 9.17) is 24.8 Å². The van der Waals surface area contributed by atoms with Gasteiger partial charge in [-0.05, 0) is 38.9 Å². The predicted octanol–water partition coefficient (Wildman–Crippen LogP) is 2.67. The van der Waals surface area contributed by atoms with E-state index < -0.39 is 0 Å². The molecule has 0 bridgehead atoms. The van der Waals surface area contributed by atoms with E-state index in [1.165, 1.54) is 19.3 Å². The number of ether oxygens (including phenoxy) is 1. The number of thiocarbonyl (C=S) groups is 1. The number of hydrogen-bond acceptors (Lipinski definition) is 2. The molecule has 1 saturated heterocycles. The van der Waals surface area contributed by atoms with E-state index in [0.717, 1.165) is 12.8 Å². The van der Waals surface area contributed by atoms with Crippen LogP contribution in [-0.2, 0) is 4.74 Å². The van der Waals surface area contributed by atoms with Crippen LogP contribution in [0.25, 0.3) is 0 Å². The highest BCUT2D eigenvalue weighted by atomic mass is 32.1. The molecule has 2 nitrogen and oxygen atoms in total. The average Bonchev–Trinajstić information content (AvgIpc) is 2.46. The highest BCUT2D eigenvalue weighted by Crippen LogP contribution is 2.34. The summed E-state index contributed by atoms with van der Waals surface area (Å²) < 4.78 is 5.82. The zero-order valence-corrected chi connectivity index (χ0v) is 11.0. The van der Waals surface area contributed by atoms with Gasteiger partial charge in [0.2, 0.25) is 0 Å². The van der Waals surface area contributed by atoms with Crippen LogP contribution in [0.5, 0.6) is 0 Å². The van der Waals surface area contributed by atoms with Crippen LogP contribution in [-0.4, -0.2) is 36.1 Å². The number of hydrogen-bond donors (Lipinski definition) is 0. The maximum atomic E-state index is 6.09. The van der Waals surface area contributed by atoms with Crippen molar-refractivity contribution in [2.75, 3.05) is 0 Å². The van der Waals surface area contributed by atoms with Crippen molar-refractivity contribution in [3.05, 3.63) is 0 Å². The summed E-state index contributed by atoms with van der Waals surface area (Å²) in [6.45, 7) is 4.35. The Morgan fingerprint density at radius 2 is 2.06 bits per heavy atom. The Balaban J connectivity index is 2.12. The third-order valence-electron chi connectivity index (χ3n) is 3.67. The van der Waals surface area contributed by atoms with Gasteiger partial charge in [0.15, 0.2) is 0 Å². The Morgan fingerprint density at radius 3 is 2.75 bits per heavy atom. The van der Waals surface area contributed by atoms with Gasteiger partial charge in [-0.1, -0.05) is 25.1 Å². The highest BCUT2D eigenvalue weighted by Gasteiger charge is 2.40. The maximum Gasteiger partial charge on any atom is 0.260 e. The summed E-state index contributed by atoms with van der Waals surface area (Å²) in [5.74, 6) is 0.280. The van der Waals surface area contributed by atoms with Crippen LogP contribution in [0, 0.1) is 0 Å². The first-order valence-electron chi connectivity index (χ1n) is 6.34. The van der Waals surface area contributed by atoms with Crippen molar-refractivity contribution in [3.63, 3.8) is 0 Å². The van der Waals surface area contributed by atoms with Crippen LogP contribution in [0.15, 0.2) is 0 Å². The van der Waals surface area contributed by atoms with E-state index in [2.05, 4.69) is 18.7 Å². The van der Waals surface area contributed by atoms with E-state index in [1.807, 2.05) is 0 Å². The standard InChI is InChI=1S/C12H20BNOS/c1-8(2)14-10-6-4-3-5-9(13)7-11(10)15-12(14)16/h8-11H,3-7H2,1-2H3. The van der Waals surface area contributed by atoms with Crippen LogP contribution in [0.2, 0.25) is 5.82 Å². The smallest absolute Gasteiger partial charge is 0.260 e. The lowest BCUT2D eigenvalue weighted by Crippen LogP contribution is -2.41. The highest BCUT2D eigenvalue weighted by molar-refractivity contribution is 7.80. The zero-order valence-electron chi connectivity index (χ0n) is 10.2. The Bertz CT molecular complexity index is 272. The lowest BCUT2D eigenvalue weighted by molar-refractivity contribution is 0.151. The molecule has 2 rings (SSSR count). The summed E-state index contributed by atoms with van der Waals surface area (Å²) in [5.41, 5.74) is 0. The number of rotatable bonds is 1. The molecule has 0 aromatic heterocycles. The lowest BCUT2D eigenvalue weighted by Gasteiger charge is -2.31. The summed E-state index contributed by atoms with van der Waals surface area (Å²) in [6.07, 6.45) is 5.97. The van der Waals surface area contributed by atoms with Gasteiger partial charge in [0, 0.05) is 6.04 Å². The predicted molar refractivity (Wildman–Crippen MR) is 70.8 cm³/mol. The van der Waals surface area contributed by atoms with E-state index in [0.29, 0.717) is 17.3 Å². The Kier molecular flexibility index (Phi) is 3.78. The van der Waals surface area contributed by atoms with Crippen molar-refractivity contribution >= 4 is 25.2 Å². The monoisotopic (exact) mass is 237 g/mol. The summed E-state index contributed by atoms with van der Waals surface area (Å²) in [5, 5.41) is 0.680. The maximum absolute atomic E-state index is 6.09. The molecular formula is C12H20BNOS. The molecule has 2 aliphatic rings. The van der Waals surface area contributed by atoms with Crippen molar-refractivity contribution in [1.29, 1.82) is 0 Å². The molecule has 1 aliphatic carbocycles. The fourth-order valence-corrected chi connectivity index (χ4v) is 3.35. The minimum Gasteiger partial charge on any atom is -0.465 e. The third kappa shape index (κ3) is 2.37. The average molecular weight is 237 g/mol. The SMILES string of the molecule is [B]C1CCCCC2C(C1)OC(=S)N2C(C)C. The van der Waals surface area contributed by atoms with E-state index in [9.17, 15) is 0 Å². The van der Waals surface area contributed by atoms with Gasteiger partial charge in [-0.25, -0.2) is 0 Å². The second kappa shape index (κ2) is 4.95. The van der Waals surface area contributed by atoms with Crippen molar-refractivity contribution in [1.82, 2.24) is 4.90 Å². The summed E-state index contributed by atoms with van der Waals surface area (Å²) in [4.78, 5) is 2.26. The van der Waals surface area contributed by atoms with Crippen LogP contribution in [0.4, 0.5) is 0 Å². The molecule has 0 aromatic carbocycles. The Morgan fingerprint density at radius 1 is 1.38 bits per heavy atom. The van der Waals surface area contributed by atoms with Crippen LogP contribution >= 0.6 is 12.2 Å². The number of fused-ring (bicyclic) bond motifs is 1.